The van der Waals surface area contributed by atoms with Gasteiger partial charge in [0.1, 0.15) is 0 Å². The van der Waals surface area contributed by atoms with Gasteiger partial charge in [-0.2, -0.15) is 5.26 Å². The van der Waals surface area contributed by atoms with E-state index >= 15 is 0 Å². The minimum atomic E-state index is -0.440. The molecule has 0 aromatic heterocycles. The molecule has 0 heterocycles. The first-order valence-electron chi connectivity index (χ1n) is 6.10. The van der Waals surface area contributed by atoms with E-state index in [1.165, 1.54) is 4.90 Å². The lowest BCUT2D eigenvalue weighted by Gasteiger charge is -2.20. The summed E-state index contributed by atoms with van der Waals surface area (Å²) in [6, 6.07) is 2.08. The van der Waals surface area contributed by atoms with Crippen LogP contribution >= 0.6 is 0 Å². The SMILES string of the molecule is CC(C#N)CN(C)C(=O)CCNC(=O)C(C)(C)C. The zero-order valence-electron chi connectivity index (χ0n) is 11.9. The van der Waals surface area contributed by atoms with Gasteiger partial charge in [0, 0.05) is 32.0 Å². The van der Waals surface area contributed by atoms with Crippen LogP contribution in [0.5, 0.6) is 0 Å². The van der Waals surface area contributed by atoms with Crippen molar-refractivity contribution in [2.24, 2.45) is 11.3 Å². The summed E-state index contributed by atoms with van der Waals surface area (Å²) in [6.07, 6.45) is 0.260. The Morgan fingerprint density at radius 2 is 1.94 bits per heavy atom. The Bertz CT molecular complexity index is 339. The van der Waals surface area contributed by atoms with Crippen molar-refractivity contribution in [1.82, 2.24) is 10.2 Å². The van der Waals surface area contributed by atoms with Crippen LogP contribution in [-0.2, 0) is 9.59 Å². The van der Waals surface area contributed by atoms with Crippen LogP contribution in [0.3, 0.4) is 0 Å². The maximum Gasteiger partial charge on any atom is 0.225 e. The van der Waals surface area contributed by atoms with E-state index in [4.69, 9.17) is 5.26 Å². The Labute approximate surface area is 109 Å². The highest BCUT2D eigenvalue weighted by Crippen LogP contribution is 2.12. The third-order valence-electron chi connectivity index (χ3n) is 2.50. The minimum Gasteiger partial charge on any atom is -0.355 e. The van der Waals surface area contributed by atoms with Gasteiger partial charge in [-0.15, -0.1) is 0 Å². The van der Waals surface area contributed by atoms with Crippen LogP contribution in [0.15, 0.2) is 0 Å². The molecule has 0 saturated heterocycles. The van der Waals surface area contributed by atoms with Gasteiger partial charge in [-0.3, -0.25) is 9.59 Å². The Morgan fingerprint density at radius 1 is 1.39 bits per heavy atom. The summed E-state index contributed by atoms with van der Waals surface area (Å²) in [6.45, 7) is 7.99. The standard InChI is InChI=1S/C13H23N3O2/c1-10(8-14)9-16(5)11(17)6-7-15-12(18)13(2,3)4/h10H,6-7,9H2,1-5H3,(H,15,18). The largest absolute Gasteiger partial charge is 0.355 e. The molecular formula is C13H23N3O2. The zero-order valence-corrected chi connectivity index (χ0v) is 11.9. The van der Waals surface area contributed by atoms with Crippen molar-refractivity contribution >= 4 is 11.8 Å². The molecule has 0 bridgehead atoms. The van der Waals surface area contributed by atoms with Crippen molar-refractivity contribution in [2.45, 2.75) is 34.1 Å². The van der Waals surface area contributed by atoms with Gasteiger partial charge >= 0.3 is 0 Å². The number of carbonyl (C=O) groups excluding carboxylic acids is 2. The fraction of sp³-hybridized carbons (Fsp3) is 0.769. The Morgan fingerprint density at radius 3 is 2.39 bits per heavy atom. The Kier molecular flexibility index (Phi) is 6.39. The first-order chi connectivity index (χ1) is 8.18. The zero-order chi connectivity index (χ0) is 14.3. The fourth-order valence-corrected chi connectivity index (χ4v) is 1.29. The number of rotatable bonds is 5. The van der Waals surface area contributed by atoms with Crippen molar-refractivity contribution < 1.29 is 9.59 Å². The fourth-order valence-electron chi connectivity index (χ4n) is 1.29. The molecule has 5 nitrogen and oxygen atoms in total. The lowest BCUT2D eigenvalue weighted by Crippen LogP contribution is -2.38. The van der Waals surface area contributed by atoms with E-state index in [2.05, 4.69) is 11.4 Å². The smallest absolute Gasteiger partial charge is 0.225 e. The lowest BCUT2D eigenvalue weighted by atomic mass is 9.96. The Hall–Kier alpha value is -1.57. The normalized spacial score (nSPS) is 12.4. The number of nitrogens with zero attached hydrogens (tertiary/aromatic N) is 2. The van der Waals surface area contributed by atoms with E-state index in [0.29, 0.717) is 13.1 Å². The molecule has 102 valence electrons. The van der Waals surface area contributed by atoms with Crippen molar-refractivity contribution in [2.75, 3.05) is 20.1 Å². The monoisotopic (exact) mass is 253 g/mol. The van der Waals surface area contributed by atoms with Gasteiger partial charge in [-0.1, -0.05) is 20.8 Å². The van der Waals surface area contributed by atoms with E-state index < -0.39 is 5.41 Å². The van der Waals surface area contributed by atoms with Crippen molar-refractivity contribution in [3.8, 4) is 6.07 Å². The molecule has 2 amide bonds. The summed E-state index contributed by atoms with van der Waals surface area (Å²) in [5, 5.41) is 11.4. The van der Waals surface area contributed by atoms with Gasteiger partial charge in [-0.05, 0) is 6.92 Å². The molecule has 0 radical (unpaired) electrons. The van der Waals surface area contributed by atoms with Gasteiger partial charge in [0.15, 0.2) is 0 Å². The van der Waals surface area contributed by atoms with Gasteiger partial charge in [0.2, 0.25) is 11.8 Å². The molecule has 0 fully saturated rings. The molecule has 0 aromatic carbocycles. The highest BCUT2D eigenvalue weighted by atomic mass is 16.2. The summed E-state index contributed by atoms with van der Waals surface area (Å²) >= 11 is 0. The van der Waals surface area contributed by atoms with Crippen LogP contribution < -0.4 is 5.32 Å². The molecule has 0 aliphatic carbocycles. The molecule has 1 unspecified atom stereocenters. The number of hydrogen-bond acceptors (Lipinski definition) is 3. The van der Waals surface area contributed by atoms with Crippen LogP contribution in [0.1, 0.15) is 34.1 Å². The average Bonchev–Trinajstić information content (AvgIpc) is 2.26. The lowest BCUT2D eigenvalue weighted by molar-refractivity contribution is -0.131. The first-order valence-corrected chi connectivity index (χ1v) is 6.10. The average molecular weight is 253 g/mol. The maximum atomic E-state index is 11.7. The minimum absolute atomic E-state index is 0.0636. The van der Waals surface area contributed by atoms with Crippen LogP contribution in [0.4, 0.5) is 0 Å². The van der Waals surface area contributed by atoms with E-state index in [0.717, 1.165) is 0 Å². The summed E-state index contributed by atoms with van der Waals surface area (Å²) < 4.78 is 0. The predicted octanol–water partition coefficient (Wildman–Crippen LogP) is 1.16. The topological polar surface area (TPSA) is 73.2 Å². The van der Waals surface area contributed by atoms with E-state index in [1.54, 1.807) is 14.0 Å². The molecular weight excluding hydrogens is 230 g/mol. The Balaban J connectivity index is 3.98. The number of nitrogens with one attached hydrogen (secondary N) is 1. The third-order valence-corrected chi connectivity index (χ3v) is 2.50. The second kappa shape index (κ2) is 7.00. The molecule has 0 aliphatic heterocycles. The summed E-state index contributed by atoms with van der Waals surface area (Å²) in [4.78, 5) is 24.8. The number of amides is 2. The molecule has 5 heteroatoms. The molecule has 18 heavy (non-hydrogen) atoms. The summed E-state index contributed by atoms with van der Waals surface area (Å²) in [5.41, 5.74) is -0.440. The van der Waals surface area contributed by atoms with Crippen LogP contribution in [-0.4, -0.2) is 36.9 Å². The molecule has 0 aromatic rings. The first kappa shape index (κ1) is 16.4. The van der Waals surface area contributed by atoms with E-state index in [1.807, 2.05) is 20.8 Å². The molecule has 0 rings (SSSR count). The van der Waals surface area contributed by atoms with Crippen LogP contribution in [0, 0.1) is 22.7 Å². The maximum absolute atomic E-state index is 11.7. The summed E-state index contributed by atoms with van der Waals surface area (Å²) in [5.74, 6) is -0.308. The van der Waals surface area contributed by atoms with Gasteiger partial charge in [0.05, 0.1) is 12.0 Å². The number of nitriles is 1. The van der Waals surface area contributed by atoms with E-state index in [-0.39, 0.29) is 24.2 Å². The second-order valence-electron chi connectivity index (χ2n) is 5.56. The molecule has 0 spiro atoms. The predicted molar refractivity (Wildman–Crippen MR) is 69.5 cm³/mol. The molecule has 1 atom stereocenters. The van der Waals surface area contributed by atoms with Gasteiger partial charge in [-0.25, -0.2) is 0 Å². The van der Waals surface area contributed by atoms with E-state index in [9.17, 15) is 9.59 Å². The summed E-state index contributed by atoms with van der Waals surface area (Å²) in [7, 11) is 1.67. The van der Waals surface area contributed by atoms with Gasteiger partial charge in [0.25, 0.3) is 0 Å². The van der Waals surface area contributed by atoms with Crippen molar-refractivity contribution in [1.29, 1.82) is 5.26 Å². The second-order valence-corrected chi connectivity index (χ2v) is 5.56. The van der Waals surface area contributed by atoms with Crippen molar-refractivity contribution in [3.63, 3.8) is 0 Å². The molecule has 1 N–H and O–H groups in total. The van der Waals surface area contributed by atoms with Crippen LogP contribution in [0.25, 0.3) is 0 Å². The molecule has 0 aliphatic rings. The van der Waals surface area contributed by atoms with Crippen molar-refractivity contribution in [3.05, 3.63) is 0 Å². The van der Waals surface area contributed by atoms with Gasteiger partial charge < -0.3 is 10.2 Å². The highest BCUT2D eigenvalue weighted by molar-refractivity contribution is 5.82. The number of hydrogen-bond donors (Lipinski definition) is 1. The van der Waals surface area contributed by atoms with Crippen LogP contribution in [0.2, 0.25) is 0 Å². The quantitative estimate of drug-likeness (QED) is 0.799. The third kappa shape index (κ3) is 6.24. The highest BCUT2D eigenvalue weighted by Gasteiger charge is 2.21. The molecule has 0 saturated carbocycles. The number of carbonyl (C=O) groups is 2.